The van der Waals surface area contributed by atoms with E-state index in [-0.39, 0.29) is 0 Å². The first kappa shape index (κ1) is 12.8. The molecule has 90 valence electrons. The summed E-state index contributed by atoms with van der Waals surface area (Å²) in [5.74, 6) is 0.557. The quantitative estimate of drug-likeness (QED) is 0.770. The van der Waals surface area contributed by atoms with E-state index in [9.17, 15) is 0 Å². The summed E-state index contributed by atoms with van der Waals surface area (Å²) in [5.41, 5.74) is 6.56. The van der Waals surface area contributed by atoms with Crippen molar-refractivity contribution in [3.8, 4) is 0 Å². The lowest BCUT2D eigenvalue weighted by Crippen LogP contribution is -2.34. The van der Waals surface area contributed by atoms with Gasteiger partial charge < -0.3 is 16.0 Å². The minimum atomic E-state index is 0.408. The van der Waals surface area contributed by atoms with Crippen LogP contribution in [0.3, 0.4) is 0 Å². The van der Waals surface area contributed by atoms with Gasteiger partial charge in [0.2, 0.25) is 0 Å². The first-order chi connectivity index (χ1) is 7.65. The monoisotopic (exact) mass is 222 g/mol. The number of anilines is 2. The van der Waals surface area contributed by atoms with Gasteiger partial charge in [0.05, 0.1) is 11.9 Å². The summed E-state index contributed by atoms with van der Waals surface area (Å²) in [6.45, 7) is 9.75. The molecule has 1 atom stereocenters. The van der Waals surface area contributed by atoms with E-state index in [0.29, 0.717) is 11.9 Å². The van der Waals surface area contributed by atoms with Crippen LogP contribution in [0.4, 0.5) is 11.5 Å². The smallest absolute Gasteiger partial charge is 0.123 e. The molecule has 0 saturated heterocycles. The first-order valence-electron chi connectivity index (χ1n) is 5.86. The molecule has 3 N–H and O–H groups in total. The lowest BCUT2D eigenvalue weighted by atomic mass is 10.2. The van der Waals surface area contributed by atoms with Gasteiger partial charge in [-0.2, -0.15) is 0 Å². The number of nitrogens with two attached hydrogens (primary N) is 1. The Kier molecular flexibility index (Phi) is 5.05. The van der Waals surface area contributed by atoms with Gasteiger partial charge in [-0.3, -0.25) is 0 Å². The van der Waals surface area contributed by atoms with E-state index in [4.69, 9.17) is 5.73 Å². The fraction of sp³-hybridized carbons (Fsp3) is 0.583. The normalized spacial score (nSPS) is 12.8. The average molecular weight is 222 g/mol. The lowest BCUT2D eigenvalue weighted by molar-refractivity contribution is 0.295. The standard InChI is InChI=1S/C12H22N4/c1-4-16(5-2)9-10(3)15-11-6-7-12(13)14-8-11/h6-8,10,15H,4-5,9H2,1-3H3,(H2,13,14). The Morgan fingerprint density at radius 1 is 1.38 bits per heavy atom. The van der Waals surface area contributed by atoms with Crippen LogP contribution in [-0.4, -0.2) is 35.6 Å². The zero-order chi connectivity index (χ0) is 12.0. The molecule has 0 spiro atoms. The number of aromatic nitrogens is 1. The number of hydrogen-bond donors (Lipinski definition) is 2. The Balaban J connectivity index is 2.44. The molecule has 0 radical (unpaired) electrons. The molecule has 0 bridgehead atoms. The second-order valence-corrected chi connectivity index (χ2v) is 4.00. The molecule has 16 heavy (non-hydrogen) atoms. The van der Waals surface area contributed by atoms with Crippen LogP contribution in [0.25, 0.3) is 0 Å². The van der Waals surface area contributed by atoms with E-state index >= 15 is 0 Å². The van der Waals surface area contributed by atoms with Gasteiger partial charge in [-0.05, 0) is 32.1 Å². The van der Waals surface area contributed by atoms with Crippen LogP contribution in [0.5, 0.6) is 0 Å². The molecule has 0 fully saturated rings. The van der Waals surface area contributed by atoms with E-state index in [1.54, 1.807) is 6.20 Å². The summed E-state index contributed by atoms with van der Waals surface area (Å²) < 4.78 is 0. The number of nitrogen functional groups attached to an aromatic ring is 1. The summed E-state index contributed by atoms with van der Waals surface area (Å²) in [6.07, 6.45) is 1.77. The maximum Gasteiger partial charge on any atom is 0.123 e. The zero-order valence-corrected chi connectivity index (χ0v) is 10.4. The Bertz CT molecular complexity index is 292. The molecule has 4 nitrogen and oxygen atoms in total. The van der Waals surface area contributed by atoms with Gasteiger partial charge in [0, 0.05) is 12.6 Å². The molecule has 4 heteroatoms. The minimum Gasteiger partial charge on any atom is -0.384 e. The van der Waals surface area contributed by atoms with E-state index in [1.165, 1.54) is 0 Å². The maximum absolute atomic E-state index is 5.53. The van der Waals surface area contributed by atoms with E-state index in [0.717, 1.165) is 25.3 Å². The summed E-state index contributed by atoms with van der Waals surface area (Å²) >= 11 is 0. The summed E-state index contributed by atoms with van der Waals surface area (Å²) in [6, 6.07) is 4.18. The highest BCUT2D eigenvalue weighted by molar-refractivity contribution is 5.45. The maximum atomic E-state index is 5.53. The van der Waals surface area contributed by atoms with Crippen LogP contribution in [0.1, 0.15) is 20.8 Å². The first-order valence-corrected chi connectivity index (χ1v) is 5.86. The third-order valence-corrected chi connectivity index (χ3v) is 2.63. The predicted molar refractivity (Wildman–Crippen MR) is 69.5 cm³/mol. The molecule has 1 aromatic heterocycles. The molecule has 1 rings (SSSR count). The molecule has 0 aliphatic rings. The number of pyridine rings is 1. The molecule has 0 aromatic carbocycles. The van der Waals surface area contributed by atoms with Gasteiger partial charge in [-0.25, -0.2) is 4.98 Å². The van der Waals surface area contributed by atoms with Gasteiger partial charge in [0.15, 0.2) is 0 Å². The Morgan fingerprint density at radius 3 is 2.56 bits per heavy atom. The van der Waals surface area contributed by atoms with Gasteiger partial charge in [-0.1, -0.05) is 13.8 Å². The Hall–Kier alpha value is -1.29. The van der Waals surface area contributed by atoms with Crippen molar-refractivity contribution in [2.24, 2.45) is 0 Å². The Morgan fingerprint density at radius 2 is 2.06 bits per heavy atom. The van der Waals surface area contributed by atoms with Crippen molar-refractivity contribution in [3.05, 3.63) is 18.3 Å². The summed E-state index contributed by atoms with van der Waals surface area (Å²) in [4.78, 5) is 6.44. The van der Waals surface area contributed by atoms with Crippen molar-refractivity contribution in [1.29, 1.82) is 0 Å². The van der Waals surface area contributed by atoms with Crippen molar-refractivity contribution < 1.29 is 0 Å². The van der Waals surface area contributed by atoms with Crippen molar-refractivity contribution >= 4 is 11.5 Å². The fourth-order valence-electron chi connectivity index (χ4n) is 1.69. The molecule has 1 unspecified atom stereocenters. The number of likely N-dealkylation sites (N-methyl/N-ethyl adjacent to an activating group) is 1. The molecular weight excluding hydrogens is 200 g/mol. The highest BCUT2D eigenvalue weighted by Crippen LogP contribution is 2.08. The molecular formula is C12H22N4. The van der Waals surface area contributed by atoms with E-state index in [2.05, 4.69) is 36.0 Å². The fourth-order valence-corrected chi connectivity index (χ4v) is 1.69. The number of nitrogens with one attached hydrogen (secondary N) is 1. The highest BCUT2D eigenvalue weighted by Gasteiger charge is 2.06. The molecule has 0 aliphatic heterocycles. The third kappa shape index (κ3) is 4.06. The van der Waals surface area contributed by atoms with Crippen LogP contribution < -0.4 is 11.1 Å². The topological polar surface area (TPSA) is 54.2 Å². The lowest BCUT2D eigenvalue weighted by Gasteiger charge is -2.24. The number of hydrogen-bond acceptors (Lipinski definition) is 4. The number of nitrogens with zero attached hydrogens (tertiary/aromatic N) is 2. The van der Waals surface area contributed by atoms with Crippen molar-refractivity contribution in [2.75, 3.05) is 30.7 Å². The minimum absolute atomic E-state index is 0.408. The van der Waals surface area contributed by atoms with Crippen molar-refractivity contribution in [1.82, 2.24) is 9.88 Å². The predicted octanol–water partition coefficient (Wildman–Crippen LogP) is 1.81. The van der Waals surface area contributed by atoms with Crippen molar-refractivity contribution in [3.63, 3.8) is 0 Å². The second kappa shape index (κ2) is 6.33. The Labute approximate surface area is 97.9 Å². The second-order valence-electron chi connectivity index (χ2n) is 4.00. The van der Waals surface area contributed by atoms with Gasteiger partial charge in [0.1, 0.15) is 5.82 Å². The molecule has 0 aliphatic carbocycles. The van der Waals surface area contributed by atoms with Crippen molar-refractivity contribution in [2.45, 2.75) is 26.8 Å². The zero-order valence-electron chi connectivity index (χ0n) is 10.4. The van der Waals surface area contributed by atoms with E-state index < -0.39 is 0 Å². The van der Waals surface area contributed by atoms with Crippen LogP contribution in [-0.2, 0) is 0 Å². The van der Waals surface area contributed by atoms with Gasteiger partial charge in [-0.15, -0.1) is 0 Å². The molecule has 0 saturated carbocycles. The largest absolute Gasteiger partial charge is 0.384 e. The SMILES string of the molecule is CCN(CC)CC(C)Nc1ccc(N)nc1. The van der Waals surface area contributed by atoms with Crippen LogP contribution in [0, 0.1) is 0 Å². The summed E-state index contributed by atoms with van der Waals surface area (Å²) in [7, 11) is 0. The van der Waals surface area contributed by atoms with Gasteiger partial charge in [0.25, 0.3) is 0 Å². The third-order valence-electron chi connectivity index (χ3n) is 2.63. The molecule has 1 heterocycles. The molecule has 0 amide bonds. The van der Waals surface area contributed by atoms with E-state index in [1.807, 2.05) is 12.1 Å². The number of rotatable bonds is 6. The molecule has 1 aromatic rings. The van der Waals surface area contributed by atoms with Crippen LogP contribution in [0.2, 0.25) is 0 Å². The average Bonchev–Trinajstić information content (AvgIpc) is 2.29. The van der Waals surface area contributed by atoms with Gasteiger partial charge >= 0.3 is 0 Å². The summed E-state index contributed by atoms with van der Waals surface area (Å²) in [5, 5.41) is 3.41. The highest BCUT2D eigenvalue weighted by atomic mass is 15.1. The van der Waals surface area contributed by atoms with Crippen LogP contribution in [0.15, 0.2) is 18.3 Å². The van der Waals surface area contributed by atoms with Crippen LogP contribution >= 0.6 is 0 Å².